The highest BCUT2D eigenvalue weighted by Gasteiger charge is 2.53. The van der Waals surface area contributed by atoms with Gasteiger partial charge < -0.3 is 5.11 Å². The van der Waals surface area contributed by atoms with Gasteiger partial charge in [-0.25, -0.2) is 4.79 Å². The summed E-state index contributed by atoms with van der Waals surface area (Å²) in [7, 11) is 0. The molecule has 1 aromatic rings. The lowest BCUT2D eigenvalue weighted by Crippen LogP contribution is -2.14. The lowest BCUT2D eigenvalue weighted by molar-refractivity contribution is 0.0689. The van der Waals surface area contributed by atoms with Crippen molar-refractivity contribution < 1.29 is 9.90 Å². The Hall–Kier alpha value is -1.32. The monoisotopic (exact) mass is 192 g/mol. The van der Waals surface area contributed by atoms with Gasteiger partial charge in [-0.2, -0.15) is 5.10 Å². The lowest BCUT2D eigenvalue weighted by Gasteiger charge is -2.16. The second-order valence-electron chi connectivity index (χ2n) is 4.77. The molecule has 0 amide bonds. The summed E-state index contributed by atoms with van der Waals surface area (Å²) >= 11 is 0. The molecule has 2 aliphatic carbocycles. The van der Waals surface area contributed by atoms with Crippen molar-refractivity contribution in [3.05, 3.63) is 17.0 Å². The van der Waals surface area contributed by atoms with Crippen molar-refractivity contribution in [2.75, 3.05) is 0 Å². The van der Waals surface area contributed by atoms with E-state index in [0.29, 0.717) is 11.3 Å². The van der Waals surface area contributed by atoms with Gasteiger partial charge in [-0.3, -0.25) is 5.10 Å². The summed E-state index contributed by atoms with van der Waals surface area (Å²) in [6.07, 6.45) is 3.09. The van der Waals surface area contributed by atoms with Crippen LogP contribution < -0.4 is 0 Å². The zero-order chi connectivity index (χ0) is 9.92. The zero-order valence-electron chi connectivity index (χ0n) is 8.00. The molecule has 0 saturated heterocycles. The molecule has 1 aromatic heterocycles. The third-order valence-electron chi connectivity index (χ3n) is 3.72. The van der Waals surface area contributed by atoms with E-state index in [1.165, 1.54) is 6.42 Å². The van der Waals surface area contributed by atoms with E-state index in [1.54, 1.807) is 0 Å². The number of nitrogens with zero attached hydrogens (tertiary/aromatic N) is 1. The molecule has 3 rings (SSSR count). The first-order chi connectivity index (χ1) is 6.60. The molecule has 1 heterocycles. The SMILES string of the molecule is C[C@@]12Cc3[nH]nc(C(=O)O)c3C[C@@H]1C2. The van der Waals surface area contributed by atoms with E-state index < -0.39 is 5.97 Å². The summed E-state index contributed by atoms with van der Waals surface area (Å²) in [5, 5.41) is 15.6. The maximum absolute atomic E-state index is 10.9. The number of carboxylic acids is 1. The highest BCUT2D eigenvalue weighted by atomic mass is 16.4. The maximum Gasteiger partial charge on any atom is 0.356 e. The number of H-pyrrole nitrogens is 1. The summed E-state index contributed by atoms with van der Waals surface area (Å²) in [5.41, 5.74) is 2.64. The minimum Gasteiger partial charge on any atom is -0.476 e. The fourth-order valence-corrected chi connectivity index (χ4v) is 2.63. The number of aromatic amines is 1. The van der Waals surface area contributed by atoms with Gasteiger partial charge in [0.2, 0.25) is 0 Å². The van der Waals surface area contributed by atoms with Crippen LogP contribution in [-0.2, 0) is 12.8 Å². The fourth-order valence-electron chi connectivity index (χ4n) is 2.63. The Bertz CT molecular complexity index is 424. The highest BCUT2D eigenvalue weighted by molar-refractivity contribution is 5.87. The Balaban J connectivity index is 2.05. The van der Waals surface area contributed by atoms with Crippen LogP contribution in [0.5, 0.6) is 0 Å². The molecule has 4 heteroatoms. The molecule has 74 valence electrons. The Kier molecular flexibility index (Phi) is 1.25. The predicted molar refractivity (Wildman–Crippen MR) is 49.2 cm³/mol. The van der Waals surface area contributed by atoms with Crippen LogP contribution in [0.3, 0.4) is 0 Å². The van der Waals surface area contributed by atoms with E-state index in [4.69, 9.17) is 5.11 Å². The van der Waals surface area contributed by atoms with Gasteiger partial charge in [-0.05, 0) is 30.6 Å². The summed E-state index contributed by atoms with van der Waals surface area (Å²) in [6, 6.07) is 0. The molecular formula is C10H12N2O2. The first kappa shape index (κ1) is 8.03. The second kappa shape index (κ2) is 2.19. The molecule has 2 N–H and O–H groups in total. The minimum absolute atomic E-state index is 0.231. The molecule has 0 radical (unpaired) electrons. The molecule has 0 spiro atoms. The fraction of sp³-hybridized carbons (Fsp3) is 0.600. The van der Waals surface area contributed by atoms with Crippen LogP contribution in [0.2, 0.25) is 0 Å². The number of nitrogens with one attached hydrogen (secondary N) is 1. The van der Waals surface area contributed by atoms with E-state index in [9.17, 15) is 4.79 Å². The quantitative estimate of drug-likeness (QED) is 0.703. The van der Waals surface area contributed by atoms with Crippen LogP contribution in [0.4, 0.5) is 0 Å². The van der Waals surface area contributed by atoms with Crippen molar-refractivity contribution in [3.63, 3.8) is 0 Å². The van der Waals surface area contributed by atoms with Crippen molar-refractivity contribution in [1.82, 2.24) is 10.2 Å². The topological polar surface area (TPSA) is 66.0 Å². The van der Waals surface area contributed by atoms with Crippen LogP contribution in [0.25, 0.3) is 0 Å². The average Bonchev–Trinajstić information content (AvgIpc) is 2.57. The van der Waals surface area contributed by atoms with Crippen LogP contribution in [-0.4, -0.2) is 21.3 Å². The van der Waals surface area contributed by atoms with Crippen LogP contribution in [0, 0.1) is 11.3 Å². The van der Waals surface area contributed by atoms with E-state index in [1.807, 2.05) is 0 Å². The molecule has 14 heavy (non-hydrogen) atoms. The Labute approximate surface area is 81.3 Å². The smallest absolute Gasteiger partial charge is 0.356 e. The van der Waals surface area contributed by atoms with E-state index in [2.05, 4.69) is 17.1 Å². The number of carboxylic acid groups (broad SMARTS) is 1. The van der Waals surface area contributed by atoms with Crippen molar-refractivity contribution >= 4 is 5.97 Å². The molecule has 1 fully saturated rings. The molecule has 2 aliphatic rings. The number of fused-ring (bicyclic) bond motifs is 2. The third kappa shape index (κ3) is 0.882. The van der Waals surface area contributed by atoms with E-state index in [0.717, 1.165) is 24.1 Å². The number of hydrogen-bond acceptors (Lipinski definition) is 2. The number of hydrogen-bond donors (Lipinski definition) is 2. The zero-order valence-corrected chi connectivity index (χ0v) is 8.00. The van der Waals surface area contributed by atoms with E-state index >= 15 is 0 Å². The van der Waals surface area contributed by atoms with Crippen molar-refractivity contribution in [2.45, 2.75) is 26.2 Å². The lowest BCUT2D eigenvalue weighted by atomic mass is 9.88. The summed E-state index contributed by atoms with van der Waals surface area (Å²) in [5.74, 6) is -0.225. The molecular weight excluding hydrogens is 180 g/mol. The highest BCUT2D eigenvalue weighted by Crippen LogP contribution is 2.59. The predicted octanol–water partition coefficient (Wildman–Crippen LogP) is 1.23. The number of aromatic carboxylic acids is 1. The van der Waals surface area contributed by atoms with Crippen molar-refractivity contribution in [1.29, 1.82) is 0 Å². The van der Waals surface area contributed by atoms with Gasteiger partial charge >= 0.3 is 5.97 Å². The third-order valence-corrected chi connectivity index (χ3v) is 3.72. The van der Waals surface area contributed by atoms with Crippen LogP contribution >= 0.6 is 0 Å². The maximum atomic E-state index is 10.9. The first-order valence-corrected chi connectivity index (χ1v) is 4.89. The molecule has 0 aliphatic heterocycles. The Morgan fingerprint density at radius 2 is 2.50 bits per heavy atom. The van der Waals surface area contributed by atoms with Gasteiger partial charge in [0.15, 0.2) is 5.69 Å². The standard InChI is InChI=1S/C10H12N2O2/c1-10-3-5(10)2-6-7(4-10)11-12-8(6)9(13)14/h5H,2-4H2,1H3,(H,11,12)(H,13,14)/t5-,10-/m1/s1. The normalized spacial score (nSPS) is 33.4. The van der Waals surface area contributed by atoms with Gasteiger partial charge in [0.1, 0.15) is 0 Å². The van der Waals surface area contributed by atoms with Crippen LogP contribution in [0.15, 0.2) is 0 Å². The van der Waals surface area contributed by atoms with Gasteiger partial charge in [-0.1, -0.05) is 6.92 Å². The number of aromatic nitrogens is 2. The van der Waals surface area contributed by atoms with E-state index in [-0.39, 0.29) is 5.69 Å². The van der Waals surface area contributed by atoms with Gasteiger partial charge in [0.05, 0.1) is 0 Å². The molecule has 0 unspecified atom stereocenters. The molecule has 2 atom stereocenters. The molecule has 0 bridgehead atoms. The van der Waals surface area contributed by atoms with Gasteiger partial charge in [0.25, 0.3) is 0 Å². The summed E-state index contributed by atoms with van der Waals surface area (Å²) in [6.45, 7) is 2.27. The largest absolute Gasteiger partial charge is 0.476 e. The van der Waals surface area contributed by atoms with Crippen molar-refractivity contribution in [3.8, 4) is 0 Å². The Morgan fingerprint density at radius 3 is 3.21 bits per heavy atom. The van der Waals surface area contributed by atoms with Crippen molar-refractivity contribution in [2.24, 2.45) is 11.3 Å². The van der Waals surface area contributed by atoms with Crippen LogP contribution in [0.1, 0.15) is 35.1 Å². The summed E-state index contributed by atoms with van der Waals surface area (Å²) in [4.78, 5) is 10.9. The number of carbonyl (C=O) groups is 1. The molecule has 4 nitrogen and oxygen atoms in total. The Morgan fingerprint density at radius 1 is 1.71 bits per heavy atom. The minimum atomic E-state index is -0.910. The van der Waals surface area contributed by atoms with Gasteiger partial charge in [0, 0.05) is 11.3 Å². The first-order valence-electron chi connectivity index (χ1n) is 4.89. The molecule has 0 aromatic carbocycles. The van der Waals surface area contributed by atoms with Gasteiger partial charge in [-0.15, -0.1) is 0 Å². The number of rotatable bonds is 1. The average molecular weight is 192 g/mol. The second-order valence-corrected chi connectivity index (χ2v) is 4.77. The summed E-state index contributed by atoms with van der Waals surface area (Å²) < 4.78 is 0. The molecule has 1 saturated carbocycles.